The molecule has 0 aliphatic rings. The lowest BCUT2D eigenvalue weighted by atomic mass is 10.3. The van der Waals surface area contributed by atoms with E-state index in [1.807, 2.05) is 0 Å². The van der Waals surface area contributed by atoms with E-state index in [2.05, 4.69) is 20.1 Å². The third kappa shape index (κ3) is 4.08. The summed E-state index contributed by atoms with van der Waals surface area (Å²) < 4.78 is 22.4. The molecule has 0 spiro atoms. The lowest BCUT2D eigenvalue weighted by molar-refractivity contribution is -0.386. The lowest BCUT2D eigenvalue weighted by Gasteiger charge is -2.06. The molecular formula is C19H16Cl2FN7O3. The summed E-state index contributed by atoms with van der Waals surface area (Å²) >= 11 is 12.1. The number of hydrogen-bond donors (Lipinski definition) is 0. The fraction of sp³-hybridized carbons (Fsp3) is 0.263. The number of aromatic nitrogens is 6. The molecule has 0 unspecified atom stereocenters. The van der Waals surface area contributed by atoms with Crippen LogP contribution in [0, 0.1) is 29.8 Å². The van der Waals surface area contributed by atoms with Crippen LogP contribution in [0.2, 0.25) is 10.3 Å². The monoisotopic (exact) mass is 479 g/mol. The van der Waals surface area contributed by atoms with Crippen LogP contribution in [0.25, 0.3) is 16.7 Å². The first-order chi connectivity index (χ1) is 15.3. The highest BCUT2D eigenvalue weighted by atomic mass is 35.5. The smallest absolute Gasteiger partial charge is 0.353 e. The van der Waals surface area contributed by atoms with E-state index < -0.39 is 10.7 Å². The van der Waals surface area contributed by atoms with Gasteiger partial charge in [-0.3, -0.25) is 15.1 Å². The molecule has 4 aromatic rings. The molecule has 0 saturated carbocycles. The van der Waals surface area contributed by atoms with E-state index in [-0.39, 0.29) is 29.2 Å². The minimum atomic E-state index is -0.577. The van der Waals surface area contributed by atoms with Gasteiger partial charge in [-0.25, -0.2) is 14.1 Å². The SMILES string of the molecule is Cc1ncc(F)cc1-n1nc(OCCCn2cc(Cl)c3cnc(Cl)nc32)c([N+](=O)[O-])c1C. The minimum absolute atomic E-state index is 0.100. The highest BCUT2D eigenvalue weighted by Gasteiger charge is 2.28. The Morgan fingerprint density at radius 3 is 2.78 bits per heavy atom. The summed E-state index contributed by atoms with van der Waals surface area (Å²) in [4.78, 5) is 23.1. The predicted molar refractivity (Wildman–Crippen MR) is 115 cm³/mol. The van der Waals surface area contributed by atoms with Crippen LogP contribution in [0.4, 0.5) is 10.1 Å². The number of hydrogen-bond acceptors (Lipinski definition) is 7. The minimum Gasteiger partial charge on any atom is -0.472 e. The van der Waals surface area contributed by atoms with Crippen molar-refractivity contribution < 1.29 is 14.1 Å². The molecule has 32 heavy (non-hydrogen) atoms. The van der Waals surface area contributed by atoms with Gasteiger partial charge in [0.2, 0.25) is 5.28 Å². The van der Waals surface area contributed by atoms with E-state index in [1.165, 1.54) is 17.7 Å². The van der Waals surface area contributed by atoms with Gasteiger partial charge in [-0.1, -0.05) is 11.6 Å². The predicted octanol–water partition coefficient (Wildman–Crippen LogP) is 4.45. The molecule has 0 atom stereocenters. The average Bonchev–Trinajstić information content (AvgIpc) is 3.23. The zero-order valence-corrected chi connectivity index (χ0v) is 18.4. The van der Waals surface area contributed by atoms with E-state index in [0.29, 0.717) is 40.4 Å². The maximum Gasteiger partial charge on any atom is 0.353 e. The summed E-state index contributed by atoms with van der Waals surface area (Å²) in [6, 6.07) is 1.21. The van der Waals surface area contributed by atoms with E-state index in [9.17, 15) is 14.5 Å². The van der Waals surface area contributed by atoms with Gasteiger partial charge in [0, 0.05) is 25.0 Å². The molecule has 0 radical (unpaired) electrons. The Morgan fingerprint density at radius 2 is 2.03 bits per heavy atom. The highest BCUT2D eigenvalue weighted by molar-refractivity contribution is 6.35. The molecular weight excluding hydrogens is 464 g/mol. The second-order valence-electron chi connectivity index (χ2n) is 6.91. The number of pyridine rings is 1. The highest BCUT2D eigenvalue weighted by Crippen LogP contribution is 2.32. The fourth-order valence-electron chi connectivity index (χ4n) is 3.30. The van der Waals surface area contributed by atoms with Crippen molar-refractivity contribution in [2.45, 2.75) is 26.8 Å². The largest absolute Gasteiger partial charge is 0.472 e. The molecule has 0 fully saturated rings. The van der Waals surface area contributed by atoms with Crippen molar-refractivity contribution in [1.82, 2.24) is 29.3 Å². The molecule has 0 amide bonds. The Bertz CT molecular complexity index is 1340. The Hall–Kier alpha value is -3.31. The molecule has 4 heterocycles. The van der Waals surface area contributed by atoms with Crippen LogP contribution < -0.4 is 4.74 Å². The Kier molecular flexibility index (Phi) is 5.94. The van der Waals surface area contributed by atoms with Crippen LogP contribution >= 0.6 is 23.2 Å². The first-order valence-electron chi connectivity index (χ1n) is 9.42. The summed E-state index contributed by atoms with van der Waals surface area (Å²) in [5.74, 6) is -0.732. The molecule has 0 aromatic carbocycles. The van der Waals surface area contributed by atoms with E-state index in [0.717, 1.165) is 6.20 Å². The van der Waals surface area contributed by atoms with Crippen molar-refractivity contribution in [2.24, 2.45) is 0 Å². The van der Waals surface area contributed by atoms with Crippen LogP contribution in [-0.2, 0) is 6.54 Å². The molecule has 13 heteroatoms. The molecule has 10 nitrogen and oxygen atoms in total. The van der Waals surface area contributed by atoms with Gasteiger partial charge in [-0.05, 0) is 31.9 Å². The van der Waals surface area contributed by atoms with Crippen molar-refractivity contribution in [3.8, 4) is 11.6 Å². The summed E-state index contributed by atoms with van der Waals surface area (Å²) in [5.41, 5.74) is 1.26. The molecule has 166 valence electrons. The van der Waals surface area contributed by atoms with Gasteiger partial charge in [0.25, 0.3) is 0 Å². The van der Waals surface area contributed by atoms with Gasteiger partial charge in [0.1, 0.15) is 17.2 Å². The second-order valence-corrected chi connectivity index (χ2v) is 7.66. The zero-order valence-electron chi connectivity index (χ0n) is 16.9. The third-order valence-electron chi connectivity index (χ3n) is 4.81. The zero-order chi connectivity index (χ0) is 23.0. The van der Waals surface area contributed by atoms with Gasteiger partial charge in [0.15, 0.2) is 0 Å². The number of rotatable bonds is 7. The molecule has 0 aliphatic carbocycles. The van der Waals surface area contributed by atoms with E-state index in [1.54, 1.807) is 23.9 Å². The Labute approximate surface area is 190 Å². The van der Waals surface area contributed by atoms with Crippen molar-refractivity contribution in [2.75, 3.05) is 6.61 Å². The van der Waals surface area contributed by atoms with Crippen LogP contribution in [-0.4, -0.2) is 40.8 Å². The summed E-state index contributed by atoms with van der Waals surface area (Å²) in [5, 5.41) is 17.1. The van der Waals surface area contributed by atoms with Gasteiger partial charge in [-0.15, -0.1) is 5.10 Å². The van der Waals surface area contributed by atoms with Crippen molar-refractivity contribution in [1.29, 1.82) is 0 Å². The van der Waals surface area contributed by atoms with Crippen molar-refractivity contribution >= 4 is 39.9 Å². The van der Waals surface area contributed by atoms with E-state index in [4.69, 9.17) is 27.9 Å². The van der Waals surface area contributed by atoms with Crippen LogP contribution in [0.5, 0.6) is 5.88 Å². The number of halogens is 3. The van der Waals surface area contributed by atoms with Crippen molar-refractivity contribution in [3.05, 3.63) is 62.3 Å². The number of fused-ring (bicyclic) bond motifs is 1. The van der Waals surface area contributed by atoms with Crippen molar-refractivity contribution in [3.63, 3.8) is 0 Å². The topological polar surface area (TPSA) is 114 Å². The first kappa shape index (κ1) is 21.9. The molecule has 0 N–H and O–H groups in total. The maximum atomic E-state index is 13.7. The van der Waals surface area contributed by atoms with E-state index >= 15 is 0 Å². The van der Waals surface area contributed by atoms with Crippen LogP contribution in [0.15, 0.2) is 24.7 Å². The number of nitro groups is 1. The second kappa shape index (κ2) is 8.67. The number of aryl methyl sites for hydroxylation is 2. The summed E-state index contributed by atoms with van der Waals surface area (Å²) in [6.07, 6.45) is 4.80. The van der Waals surface area contributed by atoms with Gasteiger partial charge < -0.3 is 9.30 Å². The molecule has 4 aromatic heterocycles. The lowest BCUT2D eigenvalue weighted by Crippen LogP contribution is -2.06. The Balaban J connectivity index is 1.53. The van der Waals surface area contributed by atoms with Gasteiger partial charge in [-0.2, -0.15) is 4.98 Å². The van der Waals surface area contributed by atoms with Crippen LogP contribution in [0.1, 0.15) is 17.8 Å². The third-order valence-corrected chi connectivity index (χ3v) is 5.29. The summed E-state index contributed by atoms with van der Waals surface area (Å²) in [7, 11) is 0. The molecule has 0 saturated heterocycles. The van der Waals surface area contributed by atoms with Gasteiger partial charge >= 0.3 is 11.6 Å². The average molecular weight is 480 g/mol. The molecule has 0 aliphatic heterocycles. The quantitative estimate of drug-likeness (QED) is 0.166. The first-order valence-corrected chi connectivity index (χ1v) is 10.2. The molecule has 0 bridgehead atoms. The standard InChI is InChI=1S/C19H16Cl2FN7O3/c1-10-15(6-12(22)7-23-10)28-11(2)16(29(30)31)18(26-28)32-5-3-4-27-9-14(20)13-8-24-19(21)25-17(13)27/h6-9H,3-5H2,1-2H3. The van der Waals surface area contributed by atoms with Crippen LogP contribution in [0.3, 0.4) is 0 Å². The Morgan fingerprint density at radius 1 is 1.25 bits per heavy atom. The number of ether oxygens (including phenoxy) is 1. The maximum absolute atomic E-state index is 13.7. The fourth-order valence-corrected chi connectivity index (χ4v) is 3.68. The summed E-state index contributed by atoms with van der Waals surface area (Å²) in [6.45, 7) is 3.77. The number of nitrogens with zero attached hydrogens (tertiary/aromatic N) is 7. The molecule has 4 rings (SSSR count). The normalized spacial score (nSPS) is 11.3. The van der Waals surface area contributed by atoms with Gasteiger partial charge in [0.05, 0.1) is 39.5 Å².